The number of hydrogen-bond acceptors (Lipinski definition) is 4. The highest BCUT2D eigenvalue weighted by molar-refractivity contribution is 7.17. The van der Waals surface area contributed by atoms with Crippen molar-refractivity contribution in [3.8, 4) is 0 Å². The third kappa shape index (κ3) is 2.04. The Labute approximate surface area is 98.9 Å². The number of carboxylic acids is 1. The first-order valence-corrected chi connectivity index (χ1v) is 6.32. The minimum atomic E-state index is -0.840. The van der Waals surface area contributed by atoms with Crippen LogP contribution in [0, 0.1) is 0 Å². The maximum absolute atomic E-state index is 11.2. The van der Waals surface area contributed by atoms with Crippen molar-refractivity contribution in [1.29, 1.82) is 0 Å². The van der Waals surface area contributed by atoms with Gasteiger partial charge in [-0.15, -0.1) is 0 Å². The van der Waals surface area contributed by atoms with Crippen molar-refractivity contribution in [3.05, 3.63) is 10.6 Å². The van der Waals surface area contributed by atoms with Gasteiger partial charge in [0.25, 0.3) is 0 Å². The van der Waals surface area contributed by atoms with Crippen LogP contribution in [0.3, 0.4) is 0 Å². The summed E-state index contributed by atoms with van der Waals surface area (Å²) in [5.41, 5.74) is 0.804. The molecule has 1 heterocycles. The SMILES string of the molecule is CN(C)c1nc(C2CCCC2)c(C(=O)O)s1. The summed E-state index contributed by atoms with van der Waals surface area (Å²) in [4.78, 5) is 17.9. The van der Waals surface area contributed by atoms with Crippen molar-refractivity contribution in [2.75, 3.05) is 19.0 Å². The Hall–Kier alpha value is -1.10. The van der Waals surface area contributed by atoms with Gasteiger partial charge in [0.05, 0.1) is 5.69 Å². The summed E-state index contributed by atoms with van der Waals surface area (Å²) < 4.78 is 0. The van der Waals surface area contributed by atoms with E-state index in [0.29, 0.717) is 10.8 Å². The lowest BCUT2D eigenvalue weighted by molar-refractivity contribution is 0.0700. The van der Waals surface area contributed by atoms with Crippen LogP contribution in [0.4, 0.5) is 5.13 Å². The lowest BCUT2D eigenvalue weighted by Gasteiger charge is -2.07. The summed E-state index contributed by atoms with van der Waals surface area (Å²) in [6.45, 7) is 0. The highest BCUT2D eigenvalue weighted by Crippen LogP contribution is 2.38. The van der Waals surface area contributed by atoms with Crippen LogP contribution in [0.15, 0.2) is 0 Å². The molecule has 0 aliphatic heterocycles. The average molecular weight is 240 g/mol. The van der Waals surface area contributed by atoms with E-state index in [1.807, 2.05) is 19.0 Å². The van der Waals surface area contributed by atoms with Gasteiger partial charge in [-0.2, -0.15) is 0 Å². The van der Waals surface area contributed by atoms with Crippen molar-refractivity contribution in [3.63, 3.8) is 0 Å². The molecule has 0 bridgehead atoms. The molecule has 0 spiro atoms. The molecule has 1 aliphatic carbocycles. The van der Waals surface area contributed by atoms with Gasteiger partial charge >= 0.3 is 5.97 Å². The molecule has 1 N–H and O–H groups in total. The van der Waals surface area contributed by atoms with Crippen molar-refractivity contribution in [2.24, 2.45) is 0 Å². The summed E-state index contributed by atoms with van der Waals surface area (Å²) in [6.07, 6.45) is 4.55. The molecule has 0 amide bonds. The molecule has 1 aromatic rings. The maximum Gasteiger partial charge on any atom is 0.347 e. The Kier molecular flexibility index (Phi) is 3.14. The second kappa shape index (κ2) is 4.41. The Balaban J connectivity index is 2.37. The molecule has 0 aromatic carbocycles. The molecular formula is C11H16N2O2S. The molecule has 4 nitrogen and oxygen atoms in total. The van der Waals surface area contributed by atoms with Crippen molar-refractivity contribution >= 4 is 22.4 Å². The molecule has 0 atom stereocenters. The summed E-state index contributed by atoms with van der Waals surface area (Å²) in [5, 5.41) is 9.96. The second-order valence-corrected chi connectivity index (χ2v) is 5.37. The number of aromatic carboxylic acids is 1. The smallest absolute Gasteiger partial charge is 0.347 e. The van der Waals surface area contributed by atoms with Crippen LogP contribution in [-0.4, -0.2) is 30.2 Å². The minimum Gasteiger partial charge on any atom is -0.477 e. The minimum absolute atomic E-state index is 0.357. The van der Waals surface area contributed by atoms with Gasteiger partial charge < -0.3 is 10.0 Å². The number of carbonyl (C=O) groups is 1. The van der Waals surface area contributed by atoms with E-state index in [4.69, 9.17) is 0 Å². The number of hydrogen-bond donors (Lipinski definition) is 1. The zero-order valence-corrected chi connectivity index (χ0v) is 10.4. The maximum atomic E-state index is 11.2. The molecule has 0 radical (unpaired) electrons. The normalized spacial score (nSPS) is 16.6. The van der Waals surface area contributed by atoms with E-state index in [1.165, 1.54) is 24.2 Å². The first-order chi connectivity index (χ1) is 7.59. The molecular weight excluding hydrogens is 224 g/mol. The highest BCUT2D eigenvalue weighted by Gasteiger charge is 2.27. The summed E-state index contributed by atoms with van der Waals surface area (Å²) >= 11 is 1.28. The van der Waals surface area contributed by atoms with E-state index < -0.39 is 5.97 Å². The number of nitrogens with zero attached hydrogens (tertiary/aromatic N) is 2. The Morgan fingerprint density at radius 3 is 2.56 bits per heavy atom. The molecule has 1 aliphatic rings. The fourth-order valence-electron chi connectivity index (χ4n) is 2.14. The highest BCUT2D eigenvalue weighted by atomic mass is 32.1. The van der Waals surface area contributed by atoms with Gasteiger partial charge in [-0.25, -0.2) is 9.78 Å². The monoisotopic (exact) mass is 240 g/mol. The predicted octanol–water partition coefficient (Wildman–Crippen LogP) is 2.56. The number of carboxylic acid groups (broad SMARTS) is 1. The Morgan fingerprint density at radius 2 is 2.06 bits per heavy atom. The summed E-state index contributed by atoms with van der Waals surface area (Å²) in [7, 11) is 3.78. The van der Waals surface area contributed by atoms with Crippen LogP contribution in [0.5, 0.6) is 0 Å². The topological polar surface area (TPSA) is 53.4 Å². The number of aromatic nitrogens is 1. The zero-order valence-electron chi connectivity index (χ0n) is 9.56. The average Bonchev–Trinajstić information content (AvgIpc) is 2.86. The van der Waals surface area contributed by atoms with E-state index in [9.17, 15) is 9.90 Å². The van der Waals surface area contributed by atoms with Crippen LogP contribution in [0.2, 0.25) is 0 Å². The lowest BCUT2D eigenvalue weighted by atomic mass is 10.0. The number of rotatable bonds is 3. The zero-order chi connectivity index (χ0) is 11.7. The fraction of sp³-hybridized carbons (Fsp3) is 0.636. The van der Waals surface area contributed by atoms with Crippen LogP contribution in [0.1, 0.15) is 47.0 Å². The van der Waals surface area contributed by atoms with Gasteiger partial charge in [-0.05, 0) is 12.8 Å². The third-order valence-electron chi connectivity index (χ3n) is 2.96. The van der Waals surface area contributed by atoms with E-state index in [0.717, 1.165) is 23.7 Å². The van der Waals surface area contributed by atoms with Crippen LogP contribution >= 0.6 is 11.3 Å². The standard InChI is InChI=1S/C11H16N2O2S/c1-13(2)11-12-8(7-5-3-4-6-7)9(16-11)10(14)15/h7H,3-6H2,1-2H3,(H,14,15). The molecule has 0 saturated heterocycles. The van der Waals surface area contributed by atoms with Gasteiger partial charge in [-0.3, -0.25) is 0 Å². The van der Waals surface area contributed by atoms with E-state index in [-0.39, 0.29) is 0 Å². The van der Waals surface area contributed by atoms with Crippen LogP contribution in [-0.2, 0) is 0 Å². The second-order valence-electron chi connectivity index (χ2n) is 4.39. The third-order valence-corrected chi connectivity index (χ3v) is 4.19. The molecule has 1 fully saturated rings. The van der Waals surface area contributed by atoms with Crippen molar-refractivity contribution < 1.29 is 9.90 Å². The first-order valence-electron chi connectivity index (χ1n) is 5.51. The lowest BCUT2D eigenvalue weighted by Crippen LogP contribution is -2.08. The molecule has 2 rings (SSSR count). The molecule has 1 saturated carbocycles. The van der Waals surface area contributed by atoms with E-state index >= 15 is 0 Å². The quantitative estimate of drug-likeness (QED) is 0.882. The molecule has 5 heteroatoms. The van der Waals surface area contributed by atoms with Crippen LogP contribution in [0.25, 0.3) is 0 Å². The van der Waals surface area contributed by atoms with Gasteiger partial charge in [-0.1, -0.05) is 24.2 Å². The molecule has 16 heavy (non-hydrogen) atoms. The fourth-order valence-corrected chi connectivity index (χ4v) is 3.05. The first kappa shape index (κ1) is 11.4. The molecule has 88 valence electrons. The summed E-state index contributed by atoms with van der Waals surface area (Å²) in [6, 6.07) is 0. The predicted molar refractivity (Wildman–Crippen MR) is 64.6 cm³/mol. The largest absolute Gasteiger partial charge is 0.477 e. The van der Waals surface area contributed by atoms with E-state index in [1.54, 1.807) is 0 Å². The Bertz CT molecular complexity index is 395. The van der Waals surface area contributed by atoms with Gasteiger partial charge in [0, 0.05) is 20.0 Å². The van der Waals surface area contributed by atoms with Crippen LogP contribution < -0.4 is 4.90 Å². The van der Waals surface area contributed by atoms with Gasteiger partial charge in [0.1, 0.15) is 4.88 Å². The van der Waals surface area contributed by atoms with E-state index in [2.05, 4.69) is 4.98 Å². The molecule has 0 unspecified atom stereocenters. The van der Waals surface area contributed by atoms with Gasteiger partial charge in [0.15, 0.2) is 5.13 Å². The van der Waals surface area contributed by atoms with Crippen molar-refractivity contribution in [2.45, 2.75) is 31.6 Å². The van der Waals surface area contributed by atoms with Gasteiger partial charge in [0.2, 0.25) is 0 Å². The molecule has 1 aromatic heterocycles. The Morgan fingerprint density at radius 1 is 1.44 bits per heavy atom. The number of anilines is 1. The summed E-state index contributed by atoms with van der Waals surface area (Å²) in [5.74, 6) is -0.483. The van der Waals surface area contributed by atoms with Crippen molar-refractivity contribution in [1.82, 2.24) is 4.98 Å². The number of thiazole rings is 1.